The van der Waals surface area contributed by atoms with Crippen LogP contribution in [0.25, 0.3) is 0 Å². The highest BCUT2D eigenvalue weighted by Gasteiger charge is 2.48. The fourth-order valence-corrected chi connectivity index (χ4v) is 3.68. The van der Waals surface area contributed by atoms with Crippen LogP contribution in [0.15, 0.2) is 91.0 Å². The van der Waals surface area contributed by atoms with E-state index in [0.29, 0.717) is 6.54 Å². The van der Waals surface area contributed by atoms with E-state index in [1.165, 1.54) is 7.11 Å². The second kappa shape index (κ2) is 9.01. The largest absolute Gasteiger partial charge is 0.477 e. The molecule has 3 rings (SSSR count). The molecule has 0 radical (unpaired) electrons. The Kier molecular flexibility index (Phi) is 6.44. The summed E-state index contributed by atoms with van der Waals surface area (Å²) in [4.78, 5) is 12.4. The van der Waals surface area contributed by atoms with Gasteiger partial charge < -0.3 is 9.84 Å². The van der Waals surface area contributed by atoms with Crippen molar-refractivity contribution in [1.29, 1.82) is 0 Å². The lowest BCUT2D eigenvalue weighted by molar-refractivity contribution is -0.175. The number of hydrogen-bond acceptors (Lipinski definition) is 4. The van der Waals surface area contributed by atoms with Gasteiger partial charge >= 0.3 is 5.97 Å². The van der Waals surface area contributed by atoms with Gasteiger partial charge in [0.2, 0.25) is 0 Å². The molecule has 0 bridgehead atoms. The van der Waals surface area contributed by atoms with E-state index in [-0.39, 0.29) is 0 Å². The molecule has 3 aromatic rings. The van der Waals surface area contributed by atoms with Gasteiger partial charge in [0.25, 0.3) is 5.85 Å². The van der Waals surface area contributed by atoms with Gasteiger partial charge in [-0.15, -0.1) is 0 Å². The molecule has 5 heteroatoms. The Morgan fingerprint density at radius 3 is 1.48 bits per heavy atom. The van der Waals surface area contributed by atoms with E-state index in [9.17, 15) is 9.90 Å². The minimum absolute atomic E-state index is 0.404. The van der Waals surface area contributed by atoms with E-state index in [0.717, 1.165) is 16.7 Å². The third-order valence-electron chi connectivity index (χ3n) is 5.02. The van der Waals surface area contributed by atoms with Crippen LogP contribution in [-0.4, -0.2) is 30.6 Å². The maximum absolute atomic E-state index is 12.4. The number of nitrogens with one attached hydrogen (secondary N) is 2. The summed E-state index contributed by atoms with van der Waals surface area (Å²) < 4.78 is 5.54. The van der Waals surface area contributed by atoms with Crippen LogP contribution in [0.4, 0.5) is 0 Å². The SMILES string of the molecule is CCNC(NC(c1ccccc1)(c1ccccc1)c1ccccc1)(OC)C(=O)O. The van der Waals surface area contributed by atoms with Crippen LogP contribution in [0.5, 0.6) is 0 Å². The summed E-state index contributed by atoms with van der Waals surface area (Å²) in [5, 5.41) is 16.4. The number of methoxy groups -OCH3 is 1. The lowest BCUT2D eigenvalue weighted by atomic mass is 9.76. The molecule has 0 spiro atoms. The Labute approximate surface area is 171 Å². The Hall–Kier alpha value is -2.99. The number of rotatable bonds is 9. The number of ether oxygens (including phenoxy) is 1. The molecule has 0 aromatic heterocycles. The third-order valence-corrected chi connectivity index (χ3v) is 5.02. The summed E-state index contributed by atoms with van der Waals surface area (Å²) in [7, 11) is 1.38. The minimum Gasteiger partial charge on any atom is -0.477 e. The topological polar surface area (TPSA) is 70.6 Å². The molecule has 3 aromatic carbocycles. The van der Waals surface area contributed by atoms with Gasteiger partial charge in [-0.25, -0.2) is 10.1 Å². The van der Waals surface area contributed by atoms with Crippen molar-refractivity contribution < 1.29 is 14.6 Å². The first-order chi connectivity index (χ1) is 14.1. The maximum Gasteiger partial charge on any atom is 0.368 e. The predicted molar refractivity (Wildman–Crippen MR) is 113 cm³/mol. The van der Waals surface area contributed by atoms with Crippen molar-refractivity contribution in [3.05, 3.63) is 108 Å². The Balaban J connectivity index is 2.35. The predicted octanol–water partition coefficient (Wildman–Crippen LogP) is 3.56. The Morgan fingerprint density at radius 2 is 1.21 bits per heavy atom. The van der Waals surface area contributed by atoms with Gasteiger partial charge in [-0.2, -0.15) is 0 Å². The zero-order valence-corrected chi connectivity index (χ0v) is 16.6. The molecule has 0 aliphatic rings. The Morgan fingerprint density at radius 1 is 0.828 bits per heavy atom. The average Bonchev–Trinajstić information content (AvgIpc) is 2.78. The summed E-state index contributed by atoms with van der Waals surface area (Å²) in [5.41, 5.74) is 1.73. The van der Waals surface area contributed by atoms with Gasteiger partial charge in [0, 0.05) is 7.11 Å². The van der Waals surface area contributed by atoms with Gasteiger partial charge in [0.15, 0.2) is 0 Å². The molecule has 150 valence electrons. The molecule has 1 unspecified atom stereocenters. The van der Waals surface area contributed by atoms with Gasteiger partial charge in [-0.3, -0.25) is 5.32 Å². The molecule has 0 fully saturated rings. The van der Waals surface area contributed by atoms with Crippen molar-refractivity contribution in [3.63, 3.8) is 0 Å². The first kappa shape index (κ1) is 20.7. The number of benzene rings is 3. The van der Waals surface area contributed by atoms with Crippen LogP contribution in [0.1, 0.15) is 23.6 Å². The summed E-state index contributed by atoms with van der Waals surface area (Å²) in [6.07, 6.45) is 0. The molecular formula is C24H26N2O3. The van der Waals surface area contributed by atoms with Crippen LogP contribution < -0.4 is 10.6 Å². The second-order valence-corrected chi connectivity index (χ2v) is 6.69. The monoisotopic (exact) mass is 390 g/mol. The van der Waals surface area contributed by atoms with E-state index >= 15 is 0 Å². The lowest BCUT2D eigenvalue weighted by Crippen LogP contribution is -2.69. The van der Waals surface area contributed by atoms with Crippen LogP contribution in [0.3, 0.4) is 0 Å². The highest BCUT2D eigenvalue weighted by atomic mass is 16.5. The molecule has 0 saturated heterocycles. The first-order valence-corrected chi connectivity index (χ1v) is 9.58. The van der Waals surface area contributed by atoms with Crippen molar-refractivity contribution in [2.45, 2.75) is 18.3 Å². The van der Waals surface area contributed by atoms with Crippen molar-refractivity contribution in [2.24, 2.45) is 0 Å². The average molecular weight is 390 g/mol. The number of aliphatic carboxylic acids is 1. The highest BCUT2D eigenvalue weighted by molar-refractivity contribution is 5.77. The number of likely N-dealkylation sites (N-methyl/N-ethyl adjacent to an activating group) is 1. The number of carbonyl (C=O) groups is 1. The van der Waals surface area contributed by atoms with Crippen molar-refractivity contribution >= 4 is 5.97 Å². The molecule has 1 atom stereocenters. The highest BCUT2D eigenvalue weighted by Crippen LogP contribution is 2.38. The summed E-state index contributed by atoms with van der Waals surface area (Å²) >= 11 is 0. The van der Waals surface area contributed by atoms with Gasteiger partial charge in [-0.05, 0) is 23.2 Å². The van der Waals surface area contributed by atoms with Gasteiger partial charge in [-0.1, -0.05) is 97.9 Å². The standard InChI is InChI=1S/C24H26N2O3/c1-3-25-24(29-2,22(27)28)26-23(19-13-7-4-8-14-19,20-15-9-5-10-16-20)21-17-11-6-12-18-21/h4-18,25-26H,3H2,1-2H3,(H,27,28). The van der Waals surface area contributed by atoms with Crippen molar-refractivity contribution in [3.8, 4) is 0 Å². The van der Waals surface area contributed by atoms with Crippen molar-refractivity contribution in [2.75, 3.05) is 13.7 Å². The van der Waals surface area contributed by atoms with E-state index in [2.05, 4.69) is 10.6 Å². The van der Waals surface area contributed by atoms with E-state index in [1.54, 1.807) is 0 Å². The van der Waals surface area contributed by atoms with Crippen LogP contribution in [0.2, 0.25) is 0 Å². The van der Waals surface area contributed by atoms with Gasteiger partial charge in [0.05, 0.1) is 5.54 Å². The molecule has 0 amide bonds. The molecule has 0 aliphatic heterocycles. The second-order valence-electron chi connectivity index (χ2n) is 6.69. The quantitative estimate of drug-likeness (QED) is 0.385. The summed E-state index contributed by atoms with van der Waals surface area (Å²) in [5.74, 6) is -2.94. The first-order valence-electron chi connectivity index (χ1n) is 9.58. The molecule has 5 nitrogen and oxygen atoms in total. The number of carboxylic acid groups (broad SMARTS) is 1. The Bertz CT molecular complexity index is 820. The van der Waals surface area contributed by atoms with Crippen LogP contribution in [-0.2, 0) is 15.1 Å². The number of hydrogen-bond donors (Lipinski definition) is 3. The number of carboxylic acids is 1. The molecular weight excluding hydrogens is 364 g/mol. The lowest BCUT2D eigenvalue weighted by Gasteiger charge is -2.43. The maximum atomic E-state index is 12.4. The molecule has 0 heterocycles. The molecule has 0 aliphatic carbocycles. The normalized spacial score (nSPS) is 13.6. The summed E-state index contributed by atoms with van der Waals surface area (Å²) in [6.45, 7) is 2.25. The molecule has 3 N–H and O–H groups in total. The summed E-state index contributed by atoms with van der Waals surface area (Å²) in [6, 6.07) is 29.4. The zero-order valence-electron chi connectivity index (χ0n) is 16.6. The fraction of sp³-hybridized carbons (Fsp3) is 0.208. The zero-order chi connectivity index (χ0) is 20.7. The van der Waals surface area contributed by atoms with E-state index in [1.807, 2.05) is 97.9 Å². The van der Waals surface area contributed by atoms with E-state index in [4.69, 9.17) is 4.74 Å². The molecule has 0 saturated carbocycles. The van der Waals surface area contributed by atoms with Crippen LogP contribution >= 0.6 is 0 Å². The van der Waals surface area contributed by atoms with Gasteiger partial charge in [0.1, 0.15) is 0 Å². The fourth-order valence-electron chi connectivity index (χ4n) is 3.68. The van der Waals surface area contributed by atoms with Crippen LogP contribution in [0, 0.1) is 0 Å². The smallest absolute Gasteiger partial charge is 0.368 e. The molecule has 29 heavy (non-hydrogen) atoms. The third kappa shape index (κ3) is 3.93. The van der Waals surface area contributed by atoms with Crippen molar-refractivity contribution in [1.82, 2.24) is 10.6 Å². The minimum atomic E-state index is -1.80. The van der Waals surface area contributed by atoms with E-state index < -0.39 is 17.4 Å².